The molecule has 2 rings (SSSR count). The molecule has 0 spiro atoms. The smallest absolute Gasteiger partial charge is 0.182 e. The molecule has 0 radical (unpaired) electrons. The van der Waals surface area contributed by atoms with Gasteiger partial charge in [-0.2, -0.15) is 0 Å². The average Bonchev–Trinajstić information content (AvgIpc) is 2.72. The summed E-state index contributed by atoms with van der Waals surface area (Å²) < 4.78 is 21.3. The van der Waals surface area contributed by atoms with Crippen molar-refractivity contribution < 1.29 is 9.13 Å². The van der Waals surface area contributed by atoms with Crippen molar-refractivity contribution in [3.8, 4) is 11.4 Å². The molecular weight excluding hydrogens is 251 g/mol. The van der Waals surface area contributed by atoms with Crippen LogP contribution in [0.25, 0.3) is 5.69 Å². The summed E-state index contributed by atoms with van der Waals surface area (Å²) in [6.45, 7) is 4.07. The van der Waals surface area contributed by atoms with Crippen molar-refractivity contribution >= 4 is 12.2 Å². The Kier molecular flexibility index (Phi) is 3.52. The van der Waals surface area contributed by atoms with Gasteiger partial charge in [0, 0.05) is 18.0 Å². The minimum atomic E-state index is -0.326. The predicted octanol–water partition coefficient (Wildman–Crippen LogP) is 3.81. The number of benzene rings is 1. The molecule has 1 aromatic carbocycles. The third-order valence-corrected chi connectivity index (χ3v) is 3.09. The van der Waals surface area contributed by atoms with Crippen LogP contribution in [0.5, 0.6) is 5.75 Å². The van der Waals surface area contributed by atoms with Gasteiger partial charge in [0.25, 0.3) is 0 Å². The second-order valence-electron chi connectivity index (χ2n) is 4.33. The van der Waals surface area contributed by atoms with Crippen LogP contribution in [0.3, 0.4) is 0 Å². The lowest BCUT2D eigenvalue weighted by Gasteiger charge is -2.12. The van der Waals surface area contributed by atoms with Gasteiger partial charge in [-0.25, -0.2) is 4.39 Å². The van der Waals surface area contributed by atoms with E-state index in [4.69, 9.17) is 17.0 Å². The van der Waals surface area contributed by atoms with Crippen LogP contribution in [0.15, 0.2) is 24.4 Å². The molecule has 0 fully saturated rings. The number of halogens is 1. The first-order chi connectivity index (χ1) is 8.54. The van der Waals surface area contributed by atoms with Crippen LogP contribution >= 0.6 is 12.2 Å². The molecule has 1 aromatic heterocycles. The Hall–Kier alpha value is -1.62. The molecule has 96 valence electrons. The molecule has 18 heavy (non-hydrogen) atoms. The molecule has 0 unspecified atom stereocenters. The number of rotatable bonds is 3. The van der Waals surface area contributed by atoms with Crippen LogP contribution in [0.4, 0.5) is 4.39 Å². The van der Waals surface area contributed by atoms with Crippen LogP contribution in [-0.2, 0) is 0 Å². The van der Waals surface area contributed by atoms with E-state index in [0.717, 1.165) is 5.69 Å². The van der Waals surface area contributed by atoms with Gasteiger partial charge in [-0.05, 0) is 30.3 Å². The first-order valence-corrected chi connectivity index (χ1v) is 6.09. The van der Waals surface area contributed by atoms with Gasteiger partial charge in [0.05, 0.1) is 12.8 Å². The van der Waals surface area contributed by atoms with E-state index in [1.807, 2.05) is 20.0 Å². The van der Waals surface area contributed by atoms with Crippen molar-refractivity contribution in [2.24, 2.45) is 0 Å². The average molecular weight is 266 g/mol. The summed E-state index contributed by atoms with van der Waals surface area (Å²) in [7, 11) is 1.55. The fraction of sp³-hybridized carbons (Fsp3) is 0.308. The van der Waals surface area contributed by atoms with Gasteiger partial charge in [-0.3, -0.25) is 4.57 Å². The normalized spacial score (nSPS) is 10.9. The Labute approximate surface area is 110 Å². The largest absolute Gasteiger partial charge is 0.497 e. The summed E-state index contributed by atoms with van der Waals surface area (Å²) >= 11 is 5.21. The molecule has 3 nitrogen and oxygen atoms in total. The number of H-pyrrole nitrogens is 1. The van der Waals surface area contributed by atoms with E-state index in [1.54, 1.807) is 23.8 Å². The highest BCUT2D eigenvalue weighted by Crippen LogP contribution is 2.25. The zero-order valence-corrected chi connectivity index (χ0v) is 11.3. The van der Waals surface area contributed by atoms with E-state index in [9.17, 15) is 4.39 Å². The fourth-order valence-electron chi connectivity index (χ4n) is 1.85. The highest BCUT2D eigenvalue weighted by molar-refractivity contribution is 7.71. The summed E-state index contributed by atoms with van der Waals surface area (Å²) in [5.41, 5.74) is 1.34. The van der Waals surface area contributed by atoms with E-state index < -0.39 is 0 Å². The Balaban J connectivity index is 2.68. The molecule has 0 aliphatic carbocycles. The number of aromatic amines is 1. The van der Waals surface area contributed by atoms with Gasteiger partial charge in [0.2, 0.25) is 0 Å². The number of hydrogen-bond acceptors (Lipinski definition) is 2. The van der Waals surface area contributed by atoms with Crippen LogP contribution < -0.4 is 4.74 Å². The summed E-state index contributed by atoms with van der Waals surface area (Å²) in [5, 5.41) is 0. The molecule has 5 heteroatoms. The molecule has 0 aliphatic heterocycles. The lowest BCUT2D eigenvalue weighted by atomic mass is 10.1. The van der Waals surface area contributed by atoms with Crippen LogP contribution in [0.1, 0.15) is 25.5 Å². The Bertz CT molecular complexity index is 616. The Morgan fingerprint density at radius 1 is 1.39 bits per heavy atom. The molecule has 0 bridgehead atoms. The number of aromatic nitrogens is 2. The SMILES string of the molecule is COc1ccc(F)c(-n2c(C(C)C)c[nH]c2=S)c1. The highest BCUT2D eigenvalue weighted by Gasteiger charge is 2.14. The Morgan fingerprint density at radius 2 is 2.11 bits per heavy atom. The number of nitrogens with one attached hydrogen (secondary N) is 1. The second kappa shape index (κ2) is 4.94. The Morgan fingerprint density at radius 3 is 2.72 bits per heavy atom. The lowest BCUT2D eigenvalue weighted by molar-refractivity contribution is 0.413. The topological polar surface area (TPSA) is 29.9 Å². The maximum atomic E-state index is 14.0. The molecule has 0 amide bonds. The zero-order chi connectivity index (χ0) is 13.3. The quantitative estimate of drug-likeness (QED) is 0.856. The van der Waals surface area contributed by atoms with Crippen molar-refractivity contribution in [1.29, 1.82) is 0 Å². The van der Waals surface area contributed by atoms with E-state index >= 15 is 0 Å². The summed E-state index contributed by atoms with van der Waals surface area (Å²) in [6.07, 6.45) is 1.81. The second-order valence-corrected chi connectivity index (χ2v) is 4.71. The zero-order valence-electron chi connectivity index (χ0n) is 10.5. The number of imidazole rings is 1. The molecule has 0 saturated heterocycles. The fourth-order valence-corrected chi connectivity index (χ4v) is 2.11. The molecule has 0 aliphatic rings. The minimum absolute atomic E-state index is 0.239. The monoisotopic (exact) mass is 266 g/mol. The van der Waals surface area contributed by atoms with Crippen molar-refractivity contribution in [1.82, 2.24) is 9.55 Å². The van der Waals surface area contributed by atoms with Crippen LogP contribution in [0.2, 0.25) is 0 Å². The van der Waals surface area contributed by atoms with Gasteiger partial charge in [0.15, 0.2) is 4.77 Å². The number of nitrogens with zero attached hydrogens (tertiary/aromatic N) is 1. The first kappa shape index (κ1) is 12.8. The van der Waals surface area contributed by atoms with Crippen molar-refractivity contribution in [2.75, 3.05) is 7.11 Å². The van der Waals surface area contributed by atoms with E-state index in [-0.39, 0.29) is 11.7 Å². The van der Waals surface area contributed by atoms with Crippen molar-refractivity contribution in [2.45, 2.75) is 19.8 Å². The van der Waals surface area contributed by atoms with Crippen LogP contribution in [-0.4, -0.2) is 16.7 Å². The summed E-state index contributed by atoms with van der Waals surface area (Å²) in [5.74, 6) is 0.515. The molecule has 1 heterocycles. The molecule has 0 atom stereocenters. The van der Waals surface area contributed by atoms with Crippen molar-refractivity contribution in [3.63, 3.8) is 0 Å². The summed E-state index contributed by atoms with van der Waals surface area (Å²) in [4.78, 5) is 2.95. The third kappa shape index (κ3) is 2.18. The molecule has 2 aromatic rings. The summed E-state index contributed by atoms with van der Waals surface area (Å²) in [6, 6.07) is 4.61. The van der Waals surface area contributed by atoms with Crippen molar-refractivity contribution in [3.05, 3.63) is 40.7 Å². The predicted molar refractivity (Wildman–Crippen MR) is 71.6 cm³/mol. The number of methoxy groups -OCH3 is 1. The van der Waals surface area contributed by atoms with Crippen LogP contribution in [0, 0.1) is 10.6 Å². The standard InChI is InChI=1S/C13H15FN2OS/c1-8(2)12-7-15-13(18)16(12)11-6-9(17-3)4-5-10(11)14/h4-8H,1-3H3,(H,15,18). The minimum Gasteiger partial charge on any atom is -0.497 e. The molecular formula is C13H15FN2OS. The highest BCUT2D eigenvalue weighted by atomic mass is 32.1. The lowest BCUT2D eigenvalue weighted by Crippen LogP contribution is -2.04. The van der Waals surface area contributed by atoms with Gasteiger partial charge in [-0.15, -0.1) is 0 Å². The number of hydrogen-bond donors (Lipinski definition) is 1. The van der Waals surface area contributed by atoms with E-state index in [0.29, 0.717) is 16.2 Å². The van der Waals surface area contributed by atoms with E-state index in [2.05, 4.69) is 4.98 Å². The number of ether oxygens (including phenoxy) is 1. The van der Waals surface area contributed by atoms with Gasteiger partial charge in [-0.1, -0.05) is 13.8 Å². The maximum Gasteiger partial charge on any atom is 0.182 e. The van der Waals surface area contributed by atoms with E-state index in [1.165, 1.54) is 6.07 Å². The maximum absolute atomic E-state index is 14.0. The van der Waals surface area contributed by atoms with Gasteiger partial charge < -0.3 is 9.72 Å². The molecule has 1 N–H and O–H groups in total. The third-order valence-electron chi connectivity index (χ3n) is 2.79. The van der Waals surface area contributed by atoms with Gasteiger partial charge in [0.1, 0.15) is 11.6 Å². The van der Waals surface area contributed by atoms with Gasteiger partial charge >= 0.3 is 0 Å². The first-order valence-electron chi connectivity index (χ1n) is 5.69. The molecule has 0 saturated carbocycles.